The maximum atomic E-state index is 13.5. The molecule has 3 rings (SSSR count). The highest BCUT2D eigenvalue weighted by Crippen LogP contribution is 2.15. The van der Waals surface area contributed by atoms with Gasteiger partial charge in [-0.2, -0.15) is 0 Å². The predicted molar refractivity (Wildman–Crippen MR) is 101 cm³/mol. The number of aromatic nitrogens is 3. The lowest BCUT2D eigenvalue weighted by Crippen LogP contribution is -2.32. The largest absolute Gasteiger partial charge is 0.490 e. The molecule has 0 saturated heterocycles. The van der Waals surface area contributed by atoms with Gasteiger partial charge in [0.25, 0.3) is 11.5 Å². The van der Waals surface area contributed by atoms with Gasteiger partial charge >= 0.3 is 5.69 Å². The van der Waals surface area contributed by atoms with Crippen LogP contribution < -0.4 is 21.3 Å². The quantitative estimate of drug-likeness (QED) is 0.621. The highest BCUT2D eigenvalue weighted by Gasteiger charge is 2.17. The van der Waals surface area contributed by atoms with Crippen molar-refractivity contribution < 1.29 is 13.9 Å². The zero-order valence-electron chi connectivity index (χ0n) is 15.4. The van der Waals surface area contributed by atoms with Crippen molar-refractivity contribution in [3.63, 3.8) is 0 Å². The molecule has 0 bridgehead atoms. The number of benzene rings is 1. The number of amides is 1. The van der Waals surface area contributed by atoms with Crippen LogP contribution in [0.15, 0.2) is 39.9 Å². The Kier molecular flexibility index (Phi) is 5.53. The SMILES string of the molecule is Cc1cc(C(=O)NCCCOc2ccccc2F)c2c(=O)[nH]c(=O)n(C)c2n1. The van der Waals surface area contributed by atoms with Gasteiger partial charge in [-0.25, -0.2) is 14.2 Å². The molecule has 2 aromatic heterocycles. The third-order valence-electron chi connectivity index (χ3n) is 4.14. The molecule has 0 spiro atoms. The van der Waals surface area contributed by atoms with E-state index in [0.29, 0.717) is 12.1 Å². The van der Waals surface area contributed by atoms with E-state index in [-0.39, 0.29) is 35.5 Å². The van der Waals surface area contributed by atoms with Crippen LogP contribution >= 0.6 is 0 Å². The third-order valence-corrected chi connectivity index (χ3v) is 4.14. The third kappa shape index (κ3) is 3.93. The minimum Gasteiger partial charge on any atom is -0.490 e. The van der Waals surface area contributed by atoms with E-state index in [1.165, 1.54) is 29.8 Å². The number of carbonyl (C=O) groups is 1. The molecule has 0 radical (unpaired) electrons. The fourth-order valence-corrected chi connectivity index (χ4v) is 2.76. The van der Waals surface area contributed by atoms with Gasteiger partial charge < -0.3 is 10.1 Å². The Labute approximate surface area is 159 Å². The summed E-state index contributed by atoms with van der Waals surface area (Å²) in [5.74, 6) is -0.766. The number of aryl methyl sites for hydroxylation is 2. The minimum atomic E-state index is -0.668. The van der Waals surface area contributed by atoms with Crippen LogP contribution in [0.1, 0.15) is 22.5 Å². The average molecular weight is 386 g/mol. The van der Waals surface area contributed by atoms with Gasteiger partial charge in [0.1, 0.15) is 5.65 Å². The lowest BCUT2D eigenvalue weighted by atomic mass is 10.1. The number of pyridine rings is 1. The van der Waals surface area contributed by atoms with Gasteiger partial charge in [-0.15, -0.1) is 0 Å². The van der Waals surface area contributed by atoms with E-state index >= 15 is 0 Å². The molecule has 146 valence electrons. The first-order valence-corrected chi connectivity index (χ1v) is 8.64. The number of halogens is 1. The van der Waals surface area contributed by atoms with Crippen LogP contribution in [0.4, 0.5) is 4.39 Å². The van der Waals surface area contributed by atoms with Gasteiger partial charge in [-0.1, -0.05) is 12.1 Å². The number of nitrogens with one attached hydrogen (secondary N) is 2. The lowest BCUT2D eigenvalue weighted by Gasteiger charge is -2.11. The first kappa shape index (κ1) is 19.3. The highest BCUT2D eigenvalue weighted by atomic mass is 19.1. The smallest absolute Gasteiger partial charge is 0.329 e. The molecular formula is C19H19FN4O4. The first-order chi connectivity index (χ1) is 13.4. The Morgan fingerprint density at radius 3 is 2.82 bits per heavy atom. The molecule has 0 aliphatic heterocycles. The molecule has 0 atom stereocenters. The zero-order valence-corrected chi connectivity index (χ0v) is 15.4. The summed E-state index contributed by atoms with van der Waals surface area (Å²) < 4.78 is 20.0. The Bertz CT molecular complexity index is 1150. The molecule has 0 saturated carbocycles. The summed E-state index contributed by atoms with van der Waals surface area (Å²) in [4.78, 5) is 42.9. The summed E-state index contributed by atoms with van der Waals surface area (Å²) in [5, 5.41) is 2.75. The van der Waals surface area contributed by atoms with E-state index in [1.807, 2.05) is 0 Å². The Morgan fingerprint density at radius 2 is 2.07 bits per heavy atom. The number of aromatic amines is 1. The minimum absolute atomic E-state index is 0.0489. The zero-order chi connectivity index (χ0) is 20.3. The van der Waals surface area contributed by atoms with Gasteiger partial charge in [0.2, 0.25) is 0 Å². The van der Waals surface area contributed by atoms with Crippen LogP contribution in [0.5, 0.6) is 5.75 Å². The first-order valence-electron chi connectivity index (χ1n) is 8.64. The second-order valence-corrected chi connectivity index (χ2v) is 6.22. The number of rotatable bonds is 6. The summed E-state index contributed by atoms with van der Waals surface area (Å²) in [6.07, 6.45) is 0.441. The van der Waals surface area contributed by atoms with Crippen LogP contribution in [0.25, 0.3) is 11.0 Å². The monoisotopic (exact) mass is 386 g/mol. The number of H-pyrrole nitrogens is 1. The highest BCUT2D eigenvalue weighted by molar-refractivity contribution is 6.05. The number of hydrogen-bond acceptors (Lipinski definition) is 5. The molecule has 0 aliphatic carbocycles. The summed E-state index contributed by atoms with van der Waals surface area (Å²) in [5.41, 5.74) is -0.497. The van der Waals surface area contributed by atoms with E-state index in [2.05, 4.69) is 15.3 Å². The number of hydrogen-bond donors (Lipinski definition) is 2. The summed E-state index contributed by atoms with van der Waals surface area (Å²) in [7, 11) is 1.47. The van der Waals surface area contributed by atoms with E-state index in [4.69, 9.17) is 4.74 Å². The Morgan fingerprint density at radius 1 is 1.32 bits per heavy atom. The number of para-hydroxylation sites is 1. The Balaban J connectivity index is 1.70. The maximum absolute atomic E-state index is 13.5. The van der Waals surface area contributed by atoms with Crippen molar-refractivity contribution in [3.05, 3.63) is 68.2 Å². The molecule has 1 amide bonds. The topological polar surface area (TPSA) is 106 Å². The molecule has 8 nitrogen and oxygen atoms in total. The van der Waals surface area contributed by atoms with E-state index < -0.39 is 23.0 Å². The van der Waals surface area contributed by atoms with E-state index in [0.717, 1.165) is 0 Å². The van der Waals surface area contributed by atoms with Gasteiger partial charge in [0.15, 0.2) is 11.6 Å². The summed E-state index contributed by atoms with van der Waals surface area (Å²) >= 11 is 0. The summed E-state index contributed by atoms with van der Waals surface area (Å²) in [6.45, 7) is 2.15. The van der Waals surface area contributed by atoms with Crippen molar-refractivity contribution in [2.24, 2.45) is 7.05 Å². The molecule has 0 fully saturated rings. The average Bonchev–Trinajstić information content (AvgIpc) is 2.66. The molecule has 9 heteroatoms. The molecule has 2 N–H and O–H groups in total. The number of carbonyl (C=O) groups excluding carboxylic acids is 1. The van der Waals surface area contributed by atoms with Crippen LogP contribution in [0.2, 0.25) is 0 Å². The standard InChI is InChI=1S/C19H19FN4O4/c1-11-10-12(15-16(22-11)24(2)19(27)23-18(15)26)17(25)21-8-5-9-28-14-7-4-3-6-13(14)20/h3-4,6-7,10H,5,8-9H2,1-2H3,(H,21,25)(H,23,26,27). The van der Waals surface area contributed by atoms with Crippen LogP contribution in [0.3, 0.4) is 0 Å². The molecule has 28 heavy (non-hydrogen) atoms. The van der Waals surface area contributed by atoms with Gasteiger partial charge in [0, 0.05) is 19.3 Å². The van der Waals surface area contributed by atoms with Gasteiger partial charge in [-0.05, 0) is 31.5 Å². The van der Waals surface area contributed by atoms with Crippen molar-refractivity contribution >= 4 is 16.9 Å². The molecule has 1 aromatic carbocycles. The van der Waals surface area contributed by atoms with Crippen LogP contribution in [-0.4, -0.2) is 33.6 Å². The fourth-order valence-electron chi connectivity index (χ4n) is 2.76. The second kappa shape index (κ2) is 8.03. The number of nitrogens with zero attached hydrogens (tertiary/aromatic N) is 2. The van der Waals surface area contributed by atoms with Crippen LogP contribution in [0, 0.1) is 12.7 Å². The number of fused-ring (bicyclic) bond motifs is 1. The maximum Gasteiger partial charge on any atom is 0.329 e. The van der Waals surface area contributed by atoms with Crippen molar-refractivity contribution in [2.45, 2.75) is 13.3 Å². The molecule has 0 unspecified atom stereocenters. The van der Waals surface area contributed by atoms with Gasteiger partial charge in [0.05, 0.1) is 17.6 Å². The summed E-state index contributed by atoms with van der Waals surface area (Å²) in [6, 6.07) is 7.56. The van der Waals surface area contributed by atoms with Gasteiger partial charge in [-0.3, -0.25) is 19.1 Å². The Hall–Kier alpha value is -3.49. The van der Waals surface area contributed by atoms with E-state index in [9.17, 15) is 18.8 Å². The van der Waals surface area contributed by atoms with Crippen molar-refractivity contribution in [1.82, 2.24) is 19.9 Å². The molecule has 3 aromatic rings. The molecular weight excluding hydrogens is 367 g/mol. The number of ether oxygens (including phenoxy) is 1. The predicted octanol–water partition coefficient (Wildman–Crippen LogP) is 1.27. The molecule has 0 aliphatic rings. The van der Waals surface area contributed by atoms with Crippen molar-refractivity contribution in [1.29, 1.82) is 0 Å². The normalized spacial score (nSPS) is 10.8. The van der Waals surface area contributed by atoms with E-state index in [1.54, 1.807) is 19.1 Å². The fraction of sp³-hybridized carbons (Fsp3) is 0.263. The van der Waals surface area contributed by atoms with Crippen molar-refractivity contribution in [3.8, 4) is 5.75 Å². The van der Waals surface area contributed by atoms with Crippen molar-refractivity contribution in [2.75, 3.05) is 13.2 Å². The second-order valence-electron chi connectivity index (χ2n) is 6.22. The molecule has 2 heterocycles. The van der Waals surface area contributed by atoms with Crippen LogP contribution in [-0.2, 0) is 7.05 Å². The lowest BCUT2D eigenvalue weighted by molar-refractivity contribution is 0.0953.